The molecule has 2 atom stereocenters. The second kappa shape index (κ2) is 12.5. The summed E-state index contributed by atoms with van der Waals surface area (Å²) in [6.45, 7) is 13.4. The van der Waals surface area contributed by atoms with Crippen LogP contribution in [0.25, 0.3) is 0 Å². The summed E-state index contributed by atoms with van der Waals surface area (Å²) in [5, 5.41) is 2.83. The van der Waals surface area contributed by atoms with E-state index < -0.39 is 35.7 Å². The highest BCUT2D eigenvalue weighted by Gasteiger charge is 2.33. The SMILES string of the molecule is CC(C)CC(NC(=O)C(CC(C)C)N(C)C(=O)OC(C)(C)C)C(=O)OCc1ccccc1. The predicted molar refractivity (Wildman–Crippen MR) is 125 cm³/mol. The number of carbonyl (C=O) groups excluding carboxylic acids is 3. The lowest BCUT2D eigenvalue weighted by atomic mass is 10.00. The van der Waals surface area contributed by atoms with Gasteiger partial charge < -0.3 is 14.8 Å². The number of benzene rings is 1. The summed E-state index contributed by atoms with van der Waals surface area (Å²) in [6, 6.07) is 7.83. The summed E-state index contributed by atoms with van der Waals surface area (Å²) in [5.74, 6) is -0.561. The third-order valence-corrected chi connectivity index (χ3v) is 4.68. The molecule has 0 aliphatic carbocycles. The first-order chi connectivity index (χ1) is 14.8. The average molecular weight is 449 g/mol. The van der Waals surface area contributed by atoms with E-state index in [1.54, 1.807) is 27.8 Å². The third-order valence-electron chi connectivity index (χ3n) is 4.68. The zero-order chi connectivity index (χ0) is 24.5. The molecule has 0 saturated carbocycles. The van der Waals surface area contributed by atoms with Crippen LogP contribution in [0.2, 0.25) is 0 Å². The quantitative estimate of drug-likeness (QED) is 0.531. The number of hydrogen-bond acceptors (Lipinski definition) is 5. The average Bonchev–Trinajstić information content (AvgIpc) is 2.68. The van der Waals surface area contributed by atoms with Crippen LogP contribution in [0, 0.1) is 11.8 Å². The number of carbonyl (C=O) groups is 3. The summed E-state index contributed by atoms with van der Waals surface area (Å²) in [4.78, 5) is 39.9. The lowest BCUT2D eigenvalue weighted by Crippen LogP contribution is -2.53. The second-order valence-electron chi connectivity index (χ2n) is 10.0. The Balaban J connectivity index is 2.94. The normalized spacial score (nSPS) is 13.4. The van der Waals surface area contributed by atoms with Gasteiger partial charge in [0.2, 0.25) is 5.91 Å². The molecule has 0 aromatic heterocycles. The highest BCUT2D eigenvalue weighted by Crippen LogP contribution is 2.17. The fraction of sp³-hybridized carbons (Fsp3) is 0.640. The smallest absolute Gasteiger partial charge is 0.410 e. The van der Waals surface area contributed by atoms with Gasteiger partial charge in [0.05, 0.1) is 0 Å². The first-order valence-corrected chi connectivity index (χ1v) is 11.3. The Bertz CT molecular complexity index is 740. The Morgan fingerprint density at radius 2 is 1.53 bits per heavy atom. The summed E-state index contributed by atoms with van der Waals surface area (Å²) in [6.07, 6.45) is 0.296. The van der Waals surface area contributed by atoms with E-state index in [1.807, 2.05) is 58.0 Å². The molecule has 7 heteroatoms. The van der Waals surface area contributed by atoms with Crippen LogP contribution in [0.5, 0.6) is 0 Å². The second-order valence-corrected chi connectivity index (χ2v) is 10.0. The van der Waals surface area contributed by atoms with E-state index in [0.29, 0.717) is 12.8 Å². The molecule has 0 aliphatic rings. The highest BCUT2D eigenvalue weighted by molar-refractivity contribution is 5.89. The van der Waals surface area contributed by atoms with Gasteiger partial charge in [0.25, 0.3) is 0 Å². The summed E-state index contributed by atoms with van der Waals surface area (Å²) in [7, 11) is 1.55. The van der Waals surface area contributed by atoms with E-state index in [4.69, 9.17) is 9.47 Å². The first kappa shape index (κ1) is 27.5. The number of rotatable bonds is 10. The lowest BCUT2D eigenvalue weighted by molar-refractivity contribution is -0.150. The minimum absolute atomic E-state index is 0.136. The third kappa shape index (κ3) is 10.2. The Kier molecular flexibility index (Phi) is 10.7. The van der Waals surface area contributed by atoms with Crippen LogP contribution in [0.15, 0.2) is 30.3 Å². The van der Waals surface area contributed by atoms with E-state index in [0.717, 1.165) is 5.56 Å². The fourth-order valence-electron chi connectivity index (χ4n) is 3.13. The first-order valence-electron chi connectivity index (χ1n) is 11.3. The molecule has 0 heterocycles. The van der Waals surface area contributed by atoms with Gasteiger partial charge in [0, 0.05) is 7.05 Å². The Hall–Kier alpha value is -2.57. The van der Waals surface area contributed by atoms with Crippen LogP contribution in [0.3, 0.4) is 0 Å². The molecule has 2 amide bonds. The van der Waals surface area contributed by atoms with Crippen molar-refractivity contribution in [1.82, 2.24) is 10.2 Å². The minimum Gasteiger partial charge on any atom is -0.459 e. The largest absolute Gasteiger partial charge is 0.459 e. The number of nitrogens with zero attached hydrogens (tertiary/aromatic N) is 1. The van der Waals surface area contributed by atoms with Crippen molar-refractivity contribution in [2.24, 2.45) is 11.8 Å². The number of likely N-dealkylation sites (N-methyl/N-ethyl adjacent to an activating group) is 1. The van der Waals surface area contributed by atoms with Gasteiger partial charge in [-0.15, -0.1) is 0 Å². The molecule has 0 radical (unpaired) electrons. The van der Waals surface area contributed by atoms with Crippen molar-refractivity contribution in [3.05, 3.63) is 35.9 Å². The maximum atomic E-state index is 13.2. The van der Waals surface area contributed by atoms with E-state index in [-0.39, 0.29) is 18.4 Å². The van der Waals surface area contributed by atoms with Crippen LogP contribution >= 0.6 is 0 Å². The van der Waals surface area contributed by atoms with Crippen LogP contribution in [0.4, 0.5) is 4.79 Å². The van der Waals surface area contributed by atoms with Crippen LogP contribution in [-0.4, -0.2) is 47.6 Å². The molecule has 0 spiro atoms. The zero-order valence-corrected chi connectivity index (χ0v) is 20.8. The van der Waals surface area contributed by atoms with Crippen molar-refractivity contribution in [3.8, 4) is 0 Å². The molecular formula is C25H40N2O5. The Morgan fingerprint density at radius 1 is 0.969 bits per heavy atom. The van der Waals surface area contributed by atoms with Crippen molar-refractivity contribution < 1.29 is 23.9 Å². The van der Waals surface area contributed by atoms with E-state index in [2.05, 4.69) is 5.32 Å². The molecule has 7 nitrogen and oxygen atoms in total. The molecule has 2 unspecified atom stereocenters. The van der Waals surface area contributed by atoms with Crippen LogP contribution in [-0.2, 0) is 25.7 Å². The van der Waals surface area contributed by atoms with Crippen molar-refractivity contribution in [3.63, 3.8) is 0 Å². The molecule has 180 valence electrons. The molecule has 1 rings (SSSR count). The van der Waals surface area contributed by atoms with Crippen LogP contribution in [0.1, 0.15) is 66.9 Å². The van der Waals surface area contributed by atoms with E-state index >= 15 is 0 Å². The van der Waals surface area contributed by atoms with Gasteiger partial charge in [-0.2, -0.15) is 0 Å². The molecule has 1 aromatic rings. The van der Waals surface area contributed by atoms with Crippen molar-refractivity contribution in [2.45, 2.75) is 85.6 Å². The predicted octanol–water partition coefficient (Wildman–Crippen LogP) is 4.54. The summed E-state index contributed by atoms with van der Waals surface area (Å²) in [5.41, 5.74) is 0.198. The van der Waals surface area contributed by atoms with Gasteiger partial charge in [-0.3, -0.25) is 9.69 Å². The summed E-state index contributed by atoms with van der Waals surface area (Å²) >= 11 is 0. The van der Waals surface area contributed by atoms with Gasteiger partial charge in [0.1, 0.15) is 24.3 Å². The molecule has 1 aromatic carbocycles. The number of ether oxygens (including phenoxy) is 2. The molecular weight excluding hydrogens is 408 g/mol. The number of nitrogens with one attached hydrogen (secondary N) is 1. The van der Waals surface area contributed by atoms with Gasteiger partial charge in [-0.1, -0.05) is 58.0 Å². The maximum Gasteiger partial charge on any atom is 0.410 e. The van der Waals surface area contributed by atoms with Gasteiger partial charge >= 0.3 is 12.1 Å². The van der Waals surface area contributed by atoms with Crippen molar-refractivity contribution >= 4 is 18.0 Å². The fourth-order valence-corrected chi connectivity index (χ4v) is 3.13. The van der Waals surface area contributed by atoms with Gasteiger partial charge in [-0.25, -0.2) is 9.59 Å². The standard InChI is InChI=1S/C25H40N2O5/c1-17(2)14-20(23(29)31-16-19-12-10-9-11-13-19)26-22(28)21(15-18(3)4)27(8)24(30)32-25(5,6)7/h9-13,17-18,20-21H,14-16H2,1-8H3,(H,26,28). The molecule has 32 heavy (non-hydrogen) atoms. The topological polar surface area (TPSA) is 84.9 Å². The Morgan fingerprint density at radius 3 is 2.03 bits per heavy atom. The monoisotopic (exact) mass is 448 g/mol. The number of esters is 1. The summed E-state index contributed by atoms with van der Waals surface area (Å²) < 4.78 is 10.9. The van der Waals surface area contributed by atoms with Gasteiger partial charge in [0.15, 0.2) is 0 Å². The maximum absolute atomic E-state index is 13.2. The van der Waals surface area contributed by atoms with Crippen molar-refractivity contribution in [1.29, 1.82) is 0 Å². The molecule has 0 fully saturated rings. The molecule has 0 saturated heterocycles. The lowest BCUT2D eigenvalue weighted by Gasteiger charge is -2.32. The highest BCUT2D eigenvalue weighted by atomic mass is 16.6. The Labute approximate surface area is 192 Å². The van der Waals surface area contributed by atoms with E-state index in [1.165, 1.54) is 4.90 Å². The minimum atomic E-state index is -0.798. The molecule has 1 N–H and O–H groups in total. The molecule has 0 bridgehead atoms. The number of hydrogen-bond donors (Lipinski definition) is 1. The zero-order valence-electron chi connectivity index (χ0n) is 20.8. The number of amides is 2. The van der Waals surface area contributed by atoms with Gasteiger partial charge in [-0.05, 0) is 51.0 Å². The van der Waals surface area contributed by atoms with E-state index in [9.17, 15) is 14.4 Å². The van der Waals surface area contributed by atoms with Crippen LogP contribution < -0.4 is 5.32 Å². The molecule has 0 aliphatic heterocycles. The van der Waals surface area contributed by atoms with Crippen molar-refractivity contribution in [2.75, 3.05) is 7.05 Å².